The zero-order valence-electron chi connectivity index (χ0n) is 12.9. The highest BCUT2D eigenvalue weighted by Gasteiger charge is 2.25. The second-order valence-corrected chi connectivity index (χ2v) is 4.68. The first-order chi connectivity index (χ1) is 9.92. The third-order valence-electron chi connectivity index (χ3n) is 2.95. The molecule has 0 bridgehead atoms. The Balaban J connectivity index is 2.93. The Kier molecular flexibility index (Phi) is 6.14. The maximum absolute atomic E-state index is 12.2. The summed E-state index contributed by atoms with van der Waals surface area (Å²) in [6, 6.07) is 0. The van der Waals surface area contributed by atoms with Crippen LogP contribution in [0.3, 0.4) is 0 Å². The van der Waals surface area contributed by atoms with Crippen molar-refractivity contribution in [2.24, 2.45) is 0 Å². The Bertz CT molecular complexity index is 545. The fourth-order valence-electron chi connectivity index (χ4n) is 2.08. The van der Waals surface area contributed by atoms with Gasteiger partial charge in [-0.25, -0.2) is 4.79 Å². The van der Waals surface area contributed by atoms with Crippen LogP contribution in [0, 0.1) is 13.8 Å². The number of hydrogen-bond acceptors (Lipinski definition) is 5. The van der Waals surface area contributed by atoms with Gasteiger partial charge in [0.05, 0.1) is 17.7 Å². The van der Waals surface area contributed by atoms with Crippen LogP contribution < -0.4 is 0 Å². The van der Waals surface area contributed by atoms with Crippen LogP contribution in [0.25, 0.3) is 0 Å². The zero-order chi connectivity index (χ0) is 16.0. The van der Waals surface area contributed by atoms with E-state index in [2.05, 4.69) is 4.98 Å². The van der Waals surface area contributed by atoms with E-state index in [0.29, 0.717) is 17.8 Å². The Hall–Kier alpha value is -2.11. The number of aryl methyl sites for hydroxylation is 2. The second-order valence-electron chi connectivity index (χ2n) is 4.68. The van der Waals surface area contributed by atoms with Crippen molar-refractivity contribution in [3.05, 3.63) is 22.5 Å². The molecule has 0 fully saturated rings. The molecule has 0 aliphatic heterocycles. The van der Waals surface area contributed by atoms with E-state index in [1.165, 1.54) is 0 Å². The molecule has 0 atom stereocenters. The number of H-pyrrole nitrogens is 1. The van der Waals surface area contributed by atoms with Gasteiger partial charge < -0.3 is 14.5 Å². The van der Waals surface area contributed by atoms with E-state index in [1.54, 1.807) is 20.8 Å². The van der Waals surface area contributed by atoms with Crippen molar-refractivity contribution in [1.29, 1.82) is 0 Å². The van der Waals surface area contributed by atoms with Gasteiger partial charge >= 0.3 is 11.9 Å². The summed E-state index contributed by atoms with van der Waals surface area (Å²) in [5.74, 6) is -1.39. The topological polar surface area (TPSA) is 85.5 Å². The number of nitrogens with one attached hydrogen (secondary N) is 1. The first kappa shape index (κ1) is 16.9. The van der Waals surface area contributed by atoms with Crippen molar-refractivity contribution in [2.75, 3.05) is 13.2 Å². The second kappa shape index (κ2) is 7.61. The van der Waals surface area contributed by atoms with Crippen LogP contribution in [-0.2, 0) is 14.3 Å². The first-order valence-corrected chi connectivity index (χ1v) is 6.97. The molecular weight excluding hydrogens is 274 g/mol. The van der Waals surface area contributed by atoms with Gasteiger partial charge in [-0.2, -0.15) is 0 Å². The smallest absolute Gasteiger partial charge is 0.340 e. The molecule has 0 aliphatic carbocycles. The van der Waals surface area contributed by atoms with E-state index < -0.39 is 17.7 Å². The van der Waals surface area contributed by atoms with Crippen LogP contribution in [0.1, 0.15) is 58.8 Å². The molecule has 0 spiro atoms. The quantitative estimate of drug-likeness (QED) is 0.616. The molecule has 1 heterocycles. The molecule has 0 radical (unpaired) electrons. The number of ketones is 1. The summed E-state index contributed by atoms with van der Waals surface area (Å²) in [6.07, 6.45) is 0.923. The van der Waals surface area contributed by atoms with E-state index in [0.717, 1.165) is 0 Å². The zero-order valence-corrected chi connectivity index (χ0v) is 12.9. The summed E-state index contributed by atoms with van der Waals surface area (Å²) in [7, 11) is 0. The van der Waals surface area contributed by atoms with E-state index in [-0.39, 0.29) is 30.8 Å². The van der Waals surface area contributed by atoms with E-state index in [1.807, 2.05) is 6.92 Å². The maximum Gasteiger partial charge on any atom is 0.340 e. The Morgan fingerprint density at radius 1 is 1.00 bits per heavy atom. The van der Waals surface area contributed by atoms with Crippen molar-refractivity contribution >= 4 is 17.7 Å². The molecule has 6 heteroatoms. The molecule has 1 aromatic rings. The summed E-state index contributed by atoms with van der Waals surface area (Å²) in [6.45, 7) is 6.78. The average molecular weight is 295 g/mol. The number of aromatic amines is 1. The highest BCUT2D eigenvalue weighted by atomic mass is 16.5. The molecule has 1 N–H and O–H groups in total. The molecule has 1 rings (SSSR count). The van der Waals surface area contributed by atoms with Crippen LogP contribution in [-0.4, -0.2) is 35.9 Å². The summed E-state index contributed by atoms with van der Waals surface area (Å²) in [4.78, 5) is 38.4. The Morgan fingerprint density at radius 3 is 2.19 bits per heavy atom. The van der Waals surface area contributed by atoms with Crippen LogP contribution in [0.15, 0.2) is 0 Å². The maximum atomic E-state index is 12.2. The molecule has 0 aromatic carbocycles. The average Bonchev–Trinajstić information content (AvgIpc) is 2.71. The highest BCUT2D eigenvalue weighted by molar-refractivity contribution is 6.09. The number of ether oxygens (including phenoxy) is 2. The van der Waals surface area contributed by atoms with Crippen LogP contribution >= 0.6 is 0 Å². The van der Waals surface area contributed by atoms with E-state index in [9.17, 15) is 14.4 Å². The largest absolute Gasteiger partial charge is 0.462 e. The predicted octanol–water partition coefficient (Wildman–Crippen LogP) is 2.33. The van der Waals surface area contributed by atoms with Crippen molar-refractivity contribution in [3.63, 3.8) is 0 Å². The lowest BCUT2D eigenvalue weighted by Gasteiger charge is -2.06. The van der Waals surface area contributed by atoms with Crippen LogP contribution in [0.5, 0.6) is 0 Å². The molecule has 1 aromatic heterocycles. The normalized spacial score (nSPS) is 10.3. The van der Waals surface area contributed by atoms with E-state index in [4.69, 9.17) is 9.47 Å². The fourth-order valence-corrected chi connectivity index (χ4v) is 2.08. The Labute approximate surface area is 123 Å². The minimum atomic E-state index is -0.553. The first-order valence-electron chi connectivity index (χ1n) is 6.97. The van der Waals surface area contributed by atoms with Crippen molar-refractivity contribution in [1.82, 2.24) is 4.98 Å². The number of Topliss-reactive ketones (excluding diaryl/α,β-unsaturated/α-hetero) is 1. The number of aromatic nitrogens is 1. The minimum Gasteiger partial charge on any atom is -0.462 e. The van der Waals surface area contributed by atoms with Crippen molar-refractivity contribution in [3.8, 4) is 0 Å². The number of carbonyl (C=O) groups is 3. The summed E-state index contributed by atoms with van der Waals surface area (Å²) in [5.41, 5.74) is 1.57. The minimum absolute atomic E-state index is 0.214. The van der Waals surface area contributed by atoms with E-state index >= 15 is 0 Å². The molecule has 0 unspecified atom stereocenters. The molecule has 0 amide bonds. The number of carbonyl (C=O) groups excluding carboxylic acids is 3. The molecule has 0 saturated carbocycles. The SMILES string of the molecule is CCCC(=O)OCC(=O)c1c(C)[nH]c(C)c1C(=O)OCC. The number of esters is 2. The van der Waals surface area contributed by atoms with Gasteiger partial charge in [0.15, 0.2) is 6.61 Å². The van der Waals surface area contributed by atoms with Crippen LogP contribution in [0.4, 0.5) is 0 Å². The van der Waals surface area contributed by atoms with Gasteiger partial charge in [-0.1, -0.05) is 6.92 Å². The third kappa shape index (κ3) is 4.18. The molecule has 6 nitrogen and oxygen atoms in total. The summed E-state index contributed by atoms with van der Waals surface area (Å²) in [5, 5.41) is 0. The van der Waals surface area contributed by atoms with Gasteiger partial charge in [0.1, 0.15) is 0 Å². The van der Waals surface area contributed by atoms with Crippen LogP contribution in [0.2, 0.25) is 0 Å². The Morgan fingerprint density at radius 2 is 1.62 bits per heavy atom. The fraction of sp³-hybridized carbons (Fsp3) is 0.533. The van der Waals surface area contributed by atoms with Gasteiger partial charge in [0.2, 0.25) is 5.78 Å². The molecule has 0 aliphatic rings. The summed E-state index contributed by atoms with van der Waals surface area (Å²) < 4.78 is 9.86. The van der Waals surface area contributed by atoms with Crippen molar-refractivity contribution in [2.45, 2.75) is 40.5 Å². The monoisotopic (exact) mass is 295 g/mol. The van der Waals surface area contributed by atoms with Gasteiger partial charge in [0, 0.05) is 17.8 Å². The highest BCUT2D eigenvalue weighted by Crippen LogP contribution is 2.20. The van der Waals surface area contributed by atoms with Gasteiger partial charge in [0.25, 0.3) is 0 Å². The lowest BCUT2D eigenvalue weighted by molar-refractivity contribution is -0.142. The molecule has 0 saturated heterocycles. The van der Waals surface area contributed by atoms with Gasteiger partial charge in [-0.3, -0.25) is 9.59 Å². The lowest BCUT2D eigenvalue weighted by Crippen LogP contribution is -2.18. The lowest BCUT2D eigenvalue weighted by atomic mass is 10.1. The number of rotatable bonds is 7. The standard InChI is InChI=1S/C15H21NO5/c1-5-7-12(18)21-8-11(17)13-9(3)16-10(4)14(13)15(19)20-6-2/h16H,5-8H2,1-4H3. The van der Waals surface area contributed by atoms with Crippen molar-refractivity contribution < 1.29 is 23.9 Å². The number of hydrogen-bond donors (Lipinski definition) is 1. The summed E-state index contributed by atoms with van der Waals surface area (Å²) >= 11 is 0. The predicted molar refractivity (Wildman–Crippen MR) is 76.4 cm³/mol. The van der Waals surface area contributed by atoms with Gasteiger partial charge in [-0.15, -0.1) is 0 Å². The molecular formula is C15H21NO5. The van der Waals surface area contributed by atoms with Gasteiger partial charge in [-0.05, 0) is 27.2 Å². The molecule has 116 valence electrons. The molecule has 21 heavy (non-hydrogen) atoms. The third-order valence-corrected chi connectivity index (χ3v) is 2.95.